The minimum atomic E-state index is -0.503. The Morgan fingerprint density at radius 3 is 2.68 bits per heavy atom. The summed E-state index contributed by atoms with van der Waals surface area (Å²) in [5.41, 5.74) is 1.49. The number of carbonyl (C=O) groups excluding carboxylic acids is 1. The summed E-state index contributed by atoms with van der Waals surface area (Å²) >= 11 is 6.09. The van der Waals surface area contributed by atoms with Gasteiger partial charge >= 0.3 is 0 Å². The number of benzene rings is 2. The van der Waals surface area contributed by atoms with Crippen LogP contribution in [0.4, 0.5) is 5.69 Å². The lowest BCUT2D eigenvalue weighted by Crippen LogP contribution is -2.18. The van der Waals surface area contributed by atoms with Gasteiger partial charge < -0.3 is 15.4 Å². The predicted molar refractivity (Wildman–Crippen MR) is 98.5 cm³/mol. The third-order valence-electron chi connectivity index (χ3n) is 3.46. The van der Waals surface area contributed by atoms with E-state index < -0.39 is 5.91 Å². The van der Waals surface area contributed by atoms with E-state index in [1.54, 1.807) is 24.3 Å². The van der Waals surface area contributed by atoms with Gasteiger partial charge in [-0.25, -0.2) is 0 Å². The molecule has 0 bridgehead atoms. The molecule has 0 saturated heterocycles. The molecule has 0 saturated carbocycles. The second-order valence-electron chi connectivity index (χ2n) is 5.12. The SMILES string of the molecule is COc1ccccc1NC(=O)/C(C#N)=C\NCCc1ccccc1Cl. The number of amides is 1. The topological polar surface area (TPSA) is 74.1 Å². The Labute approximate surface area is 151 Å². The normalized spacial score (nSPS) is 10.7. The van der Waals surface area contributed by atoms with Gasteiger partial charge in [-0.3, -0.25) is 4.79 Å². The maximum Gasteiger partial charge on any atom is 0.267 e. The van der Waals surface area contributed by atoms with Crippen molar-refractivity contribution in [1.82, 2.24) is 5.32 Å². The minimum absolute atomic E-state index is 0.0231. The molecular weight excluding hydrogens is 338 g/mol. The van der Waals surface area contributed by atoms with Crippen molar-refractivity contribution in [3.8, 4) is 11.8 Å². The van der Waals surface area contributed by atoms with E-state index in [2.05, 4.69) is 10.6 Å². The second kappa shape index (κ2) is 9.36. The average molecular weight is 356 g/mol. The number of rotatable bonds is 7. The number of ether oxygens (including phenoxy) is 1. The first-order chi connectivity index (χ1) is 12.2. The summed E-state index contributed by atoms with van der Waals surface area (Å²) in [7, 11) is 1.52. The van der Waals surface area contributed by atoms with Crippen LogP contribution in [0.15, 0.2) is 60.3 Å². The van der Waals surface area contributed by atoms with Gasteiger partial charge in [-0.15, -0.1) is 0 Å². The highest BCUT2D eigenvalue weighted by Gasteiger charge is 2.11. The van der Waals surface area contributed by atoms with Gasteiger partial charge in [0, 0.05) is 17.8 Å². The lowest BCUT2D eigenvalue weighted by atomic mass is 10.1. The van der Waals surface area contributed by atoms with E-state index in [1.807, 2.05) is 30.3 Å². The molecule has 25 heavy (non-hydrogen) atoms. The van der Waals surface area contributed by atoms with Crippen molar-refractivity contribution in [2.45, 2.75) is 6.42 Å². The Morgan fingerprint density at radius 1 is 1.24 bits per heavy atom. The van der Waals surface area contributed by atoms with Crippen LogP contribution in [0, 0.1) is 11.3 Å². The third-order valence-corrected chi connectivity index (χ3v) is 3.83. The highest BCUT2D eigenvalue weighted by atomic mass is 35.5. The average Bonchev–Trinajstić information content (AvgIpc) is 2.63. The molecular formula is C19H18ClN3O2. The molecule has 0 spiro atoms. The van der Waals surface area contributed by atoms with Gasteiger partial charge in [0.05, 0.1) is 12.8 Å². The van der Waals surface area contributed by atoms with Crippen molar-refractivity contribution in [2.75, 3.05) is 19.0 Å². The Bertz CT molecular complexity index is 812. The lowest BCUT2D eigenvalue weighted by molar-refractivity contribution is -0.112. The van der Waals surface area contributed by atoms with Gasteiger partial charge in [0.25, 0.3) is 5.91 Å². The molecule has 2 N–H and O–H groups in total. The van der Waals surface area contributed by atoms with Crippen LogP contribution in [-0.2, 0) is 11.2 Å². The van der Waals surface area contributed by atoms with Crippen LogP contribution in [0.5, 0.6) is 5.75 Å². The number of anilines is 1. The zero-order chi connectivity index (χ0) is 18.1. The Morgan fingerprint density at radius 2 is 1.96 bits per heavy atom. The maximum absolute atomic E-state index is 12.2. The van der Waals surface area contributed by atoms with Crippen LogP contribution in [0.1, 0.15) is 5.56 Å². The molecule has 6 heteroatoms. The smallest absolute Gasteiger partial charge is 0.267 e. The highest BCUT2D eigenvalue weighted by molar-refractivity contribution is 6.31. The molecule has 0 aromatic heterocycles. The fourth-order valence-electron chi connectivity index (χ4n) is 2.17. The Balaban J connectivity index is 1.94. The molecule has 1 amide bonds. The molecule has 0 atom stereocenters. The van der Waals surface area contributed by atoms with E-state index in [1.165, 1.54) is 13.3 Å². The van der Waals surface area contributed by atoms with E-state index in [4.69, 9.17) is 16.3 Å². The maximum atomic E-state index is 12.2. The number of methoxy groups -OCH3 is 1. The quantitative estimate of drug-likeness (QED) is 0.452. The summed E-state index contributed by atoms with van der Waals surface area (Å²) in [5, 5.41) is 15.5. The molecule has 0 fully saturated rings. The van der Waals surface area contributed by atoms with Gasteiger partial charge in [0.15, 0.2) is 0 Å². The van der Waals surface area contributed by atoms with E-state index >= 15 is 0 Å². The number of nitrogens with zero attached hydrogens (tertiary/aromatic N) is 1. The molecule has 128 valence electrons. The third kappa shape index (κ3) is 5.27. The fourth-order valence-corrected chi connectivity index (χ4v) is 2.40. The standard InChI is InChI=1S/C19H18ClN3O2/c1-25-18-9-5-4-8-17(18)23-19(24)15(12-21)13-22-11-10-14-6-2-3-7-16(14)20/h2-9,13,22H,10-11H2,1H3,(H,23,24)/b15-13-. The zero-order valence-electron chi connectivity index (χ0n) is 13.8. The summed E-state index contributed by atoms with van der Waals surface area (Å²) in [6.45, 7) is 0.552. The predicted octanol–water partition coefficient (Wildman–Crippen LogP) is 3.53. The number of hydrogen-bond acceptors (Lipinski definition) is 4. The van der Waals surface area contributed by atoms with Crippen LogP contribution in [0.25, 0.3) is 0 Å². The molecule has 0 heterocycles. The first-order valence-corrected chi connectivity index (χ1v) is 8.05. The van der Waals surface area contributed by atoms with Crippen LogP contribution >= 0.6 is 11.6 Å². The van der Waals surface area contributed by atoms with Gasteiger partial charge in [-0.1, -0.05) is 41.9 Å². The first-order valence-electron chi connectivity index (χ1n) is 7.67. The van der Waals surface area contributed by atoms with Crippen molar-refractivity contribution in [2.24, 2.45) is 0 Å². The number of carbonyl (C=O) groups is 1. The monoisotopic (exact) mass is 355 g/mol. The van der Waals surface area contributed by atoms with Gasteiger partial charge in [0.1, 0.15) is 17.4 Å². The van der Waals surface area contributed by atoms with Crippen molar-refractivity contribution >= 4 is 23.2 Å². The van der Waals surface area contributed by atoms with E-state index in [-0.39, 0.29) is 5.57 Å². The summed E-state index contributed by atoms with van der Waals surface area (Å²) < 4.78 is 5.17. The molecule has 0 aliphatic carbocycles. The first kappa shape index (κ1) is 18.4. The van der Waals surface area contributed by atoms with Gasteiger partial charge in [0.2, 0.25) is 0 Å². The molecule has 0 aliphatic rings. The zero-order valence-corrected chi connectivity index (χ0v) is 14.5. The molecule has 0 aliphatic heterocycles. The van der Waals surface area contributed by atoms with Crippen molar-refractivity contribution in [3.63, 3.8) is 0 Å². The summed E-state index contributed by atoms with van der Waals surface area (Å²) in [4.78, 5) is 12.2. The van der Waals surface area contributed by atoms with E-state index in [9.17, 15) is 10.1 Å². The second-order valence-corrected chi connectivity index (χ2v) is 5.53. The van der Waals surface area contributed by atoms with Crippen molar-refractivity contribution < 1.29 is 9.53 Å². The minimum Gasteiger partial charge on any atom is -0.495 e. The summed E-state index contributed by atoms with van der Waals surface area (Å²) in [5.74, 6) is 0.0251. The number of para-hydroxylation sites is 2. The van der Waals surface area contributed by atoms with Crippen LogP contribution in [0.2, 0.25) is 5.02 Å². The largest absolute Gasteiger partial charge is 0.495 e. The molecule has 0 unspecified atom stereocenters. The highest BCUT2D eigenvalue weighted by Crippen LogP contribution is 2.23. The molecule has 2 aromatic rings. The van der Waals surface area contributed by atoms with E-state index in [0.29, 0.717) is 29.4 Å². The number of halogens is 1. The number of nitrogens with one attached hydrogen (secondary N) is 2. The van der Waals surface area contributed by atoms with Crippen LogP contribution in [0.3, 0.4) is 0 Å². The molecule has 0 radical (unpaired) electrons. The Hall–Kier alpha value is -2.97. The summed E-state index contributed by atoms with van der Waals surface area (Å²) in [6.07, 6.45) is 2.09. The summed E-state index contributed by atoms with van der Waals surface area (Å²) in [6, 6.07) is 16.4. The number of hydrogen-bond donors (Lipinski definition) is 2. The van der Waals surface area contributed by atoms with E-state index in [0.717, 1.165) is 5.56 Å². The van der Waals surface area contributed by atoms with Crippen molar-refractivity contribution in [1.29, 1.82) is 5.26 Å². The van der Waals surface area contributed by atoms with Crippen molar-refractivity contribution in [3.05, 3.63) is 70.9 Å². The fraction of sp³-hybridized carbons (Fsp3) is 0.158. The van der Waals surface area contributed by atoms with Crippen LogP contribution < -0.4 is 15.4 Å². The van der Waals surface area contributed by atoms with Gasteiger partial charge in [-0.2, -0.15) is 5.26 Å². The number of nitriles is 1. The van der Waals surface area contributed by atoms with Crippen LogP contribution in [-0.4, -0.2) is 19.6 Å². The van der Waals surface area contributed by atoms with Gasteiger partial charge in [-0.05, 0) is 30.2 Å². The molecule has 2 rings (SSSR count). The lowest BCUT2D eigenvalue weighted by Gasteiger charge is -2.09. The Kier molecular flexibility index (Phi) is 6.87. The molecule has 5 nitrogen and oxygen atoms in total. The molecule has 2 aromatic carbocycles.